The summed E-state index contributed by atoms with van der Waals surface area (Å²) in [5.41, 5.74) is 1.29. The lowest BCUT2D eigenvalue weighted by molar-refractivity contribution is 0.290. The molecule has 1 aromatic carbocycles. The van der Waals surface area contributed by atoms with Gasteiger partial charge in [-0.3, -0.25) is 4.68 Å². The van der Waals surface area contributed by atoms with Crippen LogP contribution in [0.2, 0.25) is 5.02 Å². The van der Waals surface area contributed by atoms with Crippen LogP contribution in [0.15, 0.2) is 30.5 Å². The van der Waals surface area contributed by atoms with Crippen LogP contribution in [0.5, 0.6) is 5.75 Å². The Bertz CT molecular complexity index is 560. The second kappa shape index (κ2) is 6.10. The predicted octanol–water partition coefficient (Wildman–Crippen LogP) is 0.604. The van der Waals surface area contributed by atoms with Crippen molar-refractivity contribution in [1.29, 1.82) is 0 Å². The van der Waals surface area contributed by atoms with Gasteiger partial charge in [-0.25, -0.2) is 0 Å². The average molecular weight is 281 g/mol. The van der Waals surface area contributed by atoms with E-state index in [0.29, 0.717) is 29.4 Å². The Hall–Kier alpha value is -1.50. The van der Waals surface area contributed by atoms with E-state index in [4.69, 9.17) is 26.4 Å². The van der Waals surface area contributed by atoms with Crippen LogP contribution in [-0.4, -0.2) is 33.6 Å². The molecule has 0 radical (unpaired) electrons. The SMILES string of the molecule is Cc1c(Cl)cnn1CCOc1cccc(B(O)O)c1. The summed E-state index contributed by atoms with van der Waals surface area (Å²) < 4.78 is 7.30. The van der Waals surface area contributed by atoms with E-state index < -0.39 is 7.12 Å². The first-order valence-corrected chi connectivity index (χ1v) is 6.22. The molecule has 0 unspecified atom stereocenters. The van der Waals surface area contributed by atoms with Crippen molar-refractivity contribution in [2.45, 2.75) is 13.5 Å². The van der Waals surface area contributed by atoms with Crippen molar-refractivity contribution in [2.75, 3.05) is 6.61 Å². The quantitative estimate of drug-likeness (QED) is 0.787. The molecule has 2 aromatic rings. The summed E-state index contributed by atoms with van der Waals surface area (Å²) in [4.78, 5) is 0. The zero-order chi connectivity index (χ0) is 13.8. The van der Waals surface area contributed by atoms with E-state index in [1.807, 2.05) is 6.92 Å². The van der Waals surface area contributed by atoms with Gasteiger partial charge in [0.1, 0.15) is 12.4 Å². The van der Waals surface area contributed by atoms with Crippen LogP contribution >= 0.6 is 11.6 Å². The molecule has 100 valence electrons. The maximum atomic E-state index is 9.06. The summed E-state index contributed by atoms with van der Waals surface area (Å²) in [5.74, 6) is 0.585. The molecule has 1 aromatic heterocycles. The normalized spacial score (nSPS) is 10.5. The van der Waals surface area contributed by atoms with Gasteiger partial charge >= 0.3 is 7.12 Å². The predicted molar refractivity (Wildman–Crippen MR) is 73.7 cm³/mol. The minimum Gasteiger partial charge on any atom is -0.492 e. The molecule has 2 N–H and O–H groups in total. The lowest BCUT2D eigenvalue weighted by atomic mass is 9.80. The molecule has 0 aliphatic heterocycles. The molecule has 0 atom stereocenters. The van der Waals surface area contributed by atoms with Gasteiger partial charge in [0.2, 0.25) is 0 Å². The molecule has 0 fully saturated rings. The maximum Gasteiger partial charge on any atom is 0.488 e. The molecule has 0 saturated carbocycles. The summed E-state index contributed by atoms with van der Waals surface area (Å²) in [6, 6.07) is 6.68. The number of benzene rings is 1. The summed E-state index contributed by atoms with van der Waals surface area (Å²) in [7, 11) is -1.49. The van der Waals surface area contributed by atoms with Crippen LogP contribution < -0.4 is 10.2 Å². The molecule has 0 spiro atoms. The van der Waals surface area contributed by atoms with Crippen LogP contribution in [0, 0.1) is 6.92 Å². The van der Waals surface area contributed by atoms with Crippen molar-refractivity contribution in [3.63, 3.8) is 0 Å². The first kappa shape index (κ1) is 13.9. The first-order chi connectivity index (χ1) is 9.08. The van der Waals surface area contributed by atoms with Gasteiger partial charge in [-0.05, 0) is 24.5 Å². The number of rotatable bonds is 5. The van der Waals surface area contributed by atoms with Crippen molar-refractivity contribution in [2.24, 2.45) is 0 Å². The third kappa shape index (κ3) is 3.50. The molecular formula is C12H14BClN2O3. The van der Waals surface area contributed by atoms with Crippen molar-refractivity contribution in [1.82, 2.24) is 9.78 Å². The fraction of sp³-hybridized carbons (Fsp3) is 0.250. The minimum absolute atomic E-state index is 0.399. The van der Waals surface area contributed by atoms with E-state index in [1.54, 1.807) is 35.1 Å². The zero-order valence-electron chi connectivity index (χ0n) is 10.5. The molecule has 0 amide bonds. The van der Waals surface area contributed by atoms with Gasteiger partial charge in [-0.15, -0.1) is 0 Å². The molecule has 0 aliphatic carbocycles. The molecule has 19 heavy (non-hydrogen) atoms. The Morgan fingerprint density at radius 1 is 1.42 bits per heavy atom. The highest BCUT2D eigenvalue weighted by molar-refractivity contribution is 6.58. The Morgan fingerprint density at radius 2 is 2.21 bits per heavy atom. The lowest BCUT2D eigenvalue weighted by Gasteiger charge is -2.09. The molecular weight excluding hydrogens is 266 g/mol. The standard InChI is InChI=1S/C12H14BClN2O3/c1-9-12(14)8-15-16(9)5-6-19-11-4-2-3-10(7-11)13(17)18/h2-4,7-8,17-18H,5-6H2,1H3. The summed E-state index contributed by atoms with van der Waals surface area (Å²) in [6.07, 6.45) is 1.60. The zero-order valence-corrected chi connectivity index (χ0v) is 11.2. The highest BCUT2D eigenvalue weighted by atomic mass is 35.5. The van der Waals surface area contributed by atoms with E-state index in [0.717, 1.165) is 5.69 Å². The Morgan fingerprint density at radius 3 is 2.84 bits per heavy atom. The van der Waals surface area contributed by atoms with E-state index in [9.17, 15) is 0 Å². The third-order valence-electron chi connectivity index (χ3n) is 2.77. The Labute approximate surface area is 116 Å². The van der Waals surface area contributed by atoms with E-state index in [1.165, 1.54) is 0 Å². The monoisotopic (exact) mass is 280 g/mol. The number of aromatic nitrogens is 2. The molecule has 2 rings (SSSR count). The van der Waals surface area contributed by atoms with Gasteiger partial charge in [-0.2, -0.15) is 5.10 Å². The van der Waals surface area contributed by atoms with E-state index in [-0.39, 0.29) is 0 Å². The molecule has 0 saturated heterocycles. The number of hydrogen-bond donors (Lipinski definition) is 2. The van der Waals surface area contributed by atoms with E-state index >= 15 is 0 Å². The molecule has 5 nitrogen and oxygen atoms in total. The van der Waals surface area contributed by atoms with Crippen LogP contribution in [0.3, 0.4) is 0 Å². The fourth-order valence-electron chi connectivity index (χ4n) is 1.66. The maximum absolute atomic E-state index is 9.06. The van der Waals surface area contributed by atoms with Gasteiger partial charge in [0, 0.05) is 0 Å². The fourth-order valence-corrected chi connectivity index (χ4v) is 1.81. The highest BCUT2D eigenvalue weighted by Crippen LogP contribution is 2.13. The molecule has 7 heteroatoms. The van der Waals surface area contributed by atoms with Gasteiger partial charge in [0.05, 0.1) is 23.5 Å². The van der Waals surface area contributed by atoms with Crippen LogP contribution in [0.1, 0.15) is 5.69 Å². The second-order valence-electron chi connectivity index (χ2n) is 4.10. The largest absolute Gasteiger partial charge is 0.492 e. The minimum atomic E-state index is -1.49. The highest BCUT2D eigenvalue weighted by Gasteiger charge is 2.11. The van der Waals surface area contributed by atoms with Gasteiger partial charge in [0.15, 0.2) is 0 Å². The van der Waals surface area contributed by atoms with Gasteiger partial charge in [0.25, 0.3) is 0 Å². The third-order valence-corrected chi connectivity index (χ3v) is 3.14. The summed E-state index contributed by atoms with van der Waals surface area (Å²) in [6.45, 7) is 2.88. The summed E-state index contributed by atoms with van der Waals surface area (Å²) >= 11 is 5.90. The van der Waals surface area contributed by atoms with Crippen LogP contribution in [0.4, 0.5) is 0 Å². The lowest BCUT2D eigenvalue weighted by Crippen LogP contribution is -2.29. The van der Waals surface area contributed by atoms with Crippen molar-refractivity contribution in [3.8, 4) is 5.75 Å². The molecule has 1 heterocycles. The molecule has 0 aliphatic rings. The first-order valence-electron chi connectivity index (χ1n) is 5.84. The Kier molecular flexibility index (Phi) is 4.47. The summed E-state index contributed by atoms with van der Waals surface area (Å²) in [5, 5.41) is 22.9. The number of hydrogen-bond acceptors (Lipinski definition) is 4. The van der Waals surface area contributed by atoms with Gasteiger partial charge in [-0.1, -0.05) is 23.7 Å². The molecule has 0 bridgehead atoms. The van der Waals surface area contributed by atoms with Crippen molar-refractivity contribution >= 4 is 24.2 Å². The number of ether oxygens (including phenoxy) is 1. The average Bonchev–Trinajstić information content (AvgIpc) is 2.71. The smallest absolute Gasteiger partial charge is 0.488 e. The van der Waals surface area contributed by atoms with Crippen LogP contribution in [-0.2, 0) is 6.54 Å². The second-order valence-corrected chi connectivity index (χ2v) is 4.50. The van der Waals surface area contributed by atoms with Crippen LogP contribution in [0.25, 0.3) is 0 Å². The number of nitrogens with zero attached hydrogens (tertiary/aromatic N) is 2. The Balaban J connectivity index is 1.92. The van der Waals surface area contributed by atoms with E-state index in [2.05, 4.69) is 5.10 Å². The van der Waals surface area contributed by atoms with Crippen molar-refractivity contribution < 1.29 is 14.8 Å². The van der Waals surface area contributed by atoms with Crippen molar-refractivity contribution in [3.05, 3.63) is 41.2 Å². The van der Waals surface area contributed by atoms with Gasteiger partial charge < -0.3 is 14.8 Å². The number of halogens is 1. The topological polar surface area (TPSA) is 67.5 Å².